The Morgan fingerprint density at radius 3 is 2.27 bits per heavy atom. The molecule has 45 heavy (non-hydrogen) atoms. The van der Waals surface area contributed by atoms with Crippen molar-refractivity contribution < 1.29 is 14.3 Å². The van der Waals surface area contributed by atoms with Crippen molar-refractivity contribution in [2.24, 2.45) is 0 Å². The maximum Gasteiger partial charge on any atom is 0.251 e. The Balaban J connectivity index is 1.33. The summed E-state index contributed by atoms with van der Waals surface area (Å²) in [6.07, 6.45) is 6.16. The van der Waals surface area contributed by atoms with Crippen LogP contribution >= 0.6 is 0 Å². The lowest BCUT2D eigenvalue weighted by Gasteiger charge is -2.24. The Morgan fingerprint density at radius 2 is 1.58 bits per heavy atom. The Hall–Kier alpha value is -3.60. The lowest BCUT2D eigenvalue weighted by atomic mass is 9.95. The lowest BCUT2D eigenvalue weighted by molar-refractivity contribution is -0.128. The molecule has 1 aromatic heterocycles. The summed E-state index contributed by atoms with van der Waals surface area (Å²) in [5, 5.41) is 21.6. The van der Waals surface area contributed by atoms with Gasteiger partial charge in [0.1, 0.15) is 18.4 Å². The fraction of sp³-hybridized carbons (Fsp3) is 0.543. The second kappa shape index (κ2) is 15.6. The van der Waals surface area contributed by atoms with Gasteiger partial charge in [0.25, 0.3) is 5.91 Å². The van der Waals surface area contributed by atoms with Gasteiger partial charge in [0.05, 0.1) is 11.4 Å². The third-order valence-corrected chi connectivity index (χ3v) is 8.82. The van der Waals surface area contributed by atoms with Gasteiger partial charge in [0, 0.05) is 29.7 Å². The van der Waals surface area contributed by atoms with E-state index in [0.29, 0.717) is 18.7 Å². The van der Waals surface area contributed by atoms with Gasteiger partial charge in [-0.25, -0.2) is 4.68 Å². The number of hydrogen-bond acceptors (Lipinski definition) is 7. The fourth-order valence-corrected chi connectivity index (χ4v) is 5.37. The minimum Gasteiger partial charge on any atom is -0.362 e. The number of rotatable bonds is 14. The van der Waals surface area contributed by atoms with Crippen LogP contribution in [0.4, 0.5) is 0 Å². The van der Waals surface area contributed by atoms with E-state index in [4.69, 9.17) is 4.74 Å². The van der Waals surface area contributed by atoms with Gasteiger partial charge in [-0.15, -0.1) is 5.10 Å². The van der Waals surface area contributed by atoms with Gasteiger partial charge < -0.3 is 26.0 Å². The highest BCUT2D eigenvalue weighted by molar-refractivity contribution is 5.94. The van der Waals surface area contributed by atoms with Gasteiger partial charge in [0.15, 0.2) is 0 Å². The molecule has 1 unspecified atom stereocenters. The first-order valence-electron chi connectivity index (χ1n) is 16.2. The first kappa shape index (κ1) is 34.3. The van der Waals surface area contributed by atoms with E-state index in [1.165, 1.54) is 5.56 Å². The number of carbonyl (C=O) groups is 2. The minimum atomic E-state index is -0.304. The van der Waals surface area contributed by atoms with Crippen LogP contribution in [0.2, 0.25) is 0 Å². The van der Waals surface area contributed by atoms with Gasteiger partial charge in [-0.05, 0) is 109 Å². The quantitative estimate of drug-likeness (QED) is 0.211. The van der Waals surface area contributed by atoms with Crippen LogP contribution in [0.3, 0.4) is 0 Å². The smallest absolute Gasteiger partial charge is 0.251 e. The zero-order chi connectivity index (χ0) is 32.5. The number of amides is 2. The molecule has 2 amide bonds. The Morgan fingerprint density at radius 1 is 0.889 bits per heavy atom. The summed E-state index contributed by atoms with van der Waals surface area (Å²) < 4.78 is 8.00. The number of carbonyl (C=O) groups excluding carboxylic acids is 2. The zero-order valence-electron chi connectivity index (χ0n) is 27.8. The van der Waals surface area contributed by atoms with Gasteiger partial charge >= 0.3 is 0 Å². The molecule has 0 fully saturated rings. The average Bonchev–Trinajstić information content (AvgIpc) is 3.43. The maximum atomic E-state index is 12.7. The van der Waals surface area contributed by atoms with Crippen LogP contribution in [0.25, 0.3) is 5.69 Å². The molecule has 244 valence electrons. The van der Waals surface area contributed by atoms with Crippen molar-refractivity contribution in [1.29, 1.82) is 0 Å². The van der Waals surface area contributed by atoms with E-state index in [2.05, 4.69) is 83.5 Å². The van der Waals surface area contributed by atoms with Crippen molar-refractivity contribution in [2.75, 3.05) is 27.2 Å². The van der Waals surface area contributed by atoms with Crippen LogP contribution in [0, 0.1) is 0 Å². The predicted octanol–water partition coefficient (Wildman–Crippen LogP) is 4.42. The van der Waals surface area contributed by atoms with E-state index in [-0.39, 0.29) is 35.6 Å². The SMILES string of the molecule is CNC(C)(C)CCNC(=O)c1ccc(-n2nnc3c2CCCCCC3OCC(=O)NCc2ccc(CC(C)(C)NC)cc2)cc1. The molecule has 0 aliphatic heterocycles. The third kappa shape index (κ3) is 9.94. The Kier molecular flexibility index (Phi) is 11.9. The molecule has 1 heterocycles. The second-order valence-corrected chi connectivity index (χ2v) is 13.3. The van der Waals surface area contributed by atoms with Crippen LogP contribution in [0.5, 0.6) is 0 Å². The van der Waals surface area contributed by atoms with Crippen LogP contribution in [0.15, 0.2) is 48.5 Å². The van der Waals surface area contributed by atoms with E-state index in [9.17, 15) is 9.59 Å². The molecule has 10 nitrogen and oxygen atoms in total. The van der Waals surface area contributed by atoms with Crippen LogP contribution in [0.1, 0.15) is 98.8 Å². The lowest BCUT2D eigenvalue weighted by Crippen LogP contribution is -2.40. The topological polar surface area (TPSA) is 122 Å². The van der Waals surface area contributed by atoms with Crippen LogP contribution < -0.4 is 21.3 Å². The highest BCUT2D eigenvalue weighted by Crippen LogP contribution is 2.30. The molecule has 10 heteroatoms. The number of likely N-dealkylation sites (N-methyl/N-ethyl adjacent to an activating group) is 1. The van der Waals surface area contributed by atoms with Crippen LogP contribution in [-0.2, 0) is 28.9 Å². The summed E-state index contributed by atoms with van der Waals surface area (Å²) in [5.74, 6) is -0.255. The van der Waals surface area contributed by atoms with Crippen molar-refractivity contribution in [2.45, 2.75) is 96.4 Å². The van der Waals surface area contributed by atoms with E-state index < -0.39 is 0 Å². The Bertz CT molecular complexity index is 1400. The summed E-state index contributed by atoms with van der Waals surface area (Å²) in [5.41, 5.74) is 5.52. The largest absolute Gasteiger partial charge is 0.362 e. The predicted molar refractivity (Wildman–Crippen MR) is 177 cm³/mol. The summed E-state index contributed by atoms with van der Waals surface area (Å²) >= 11 is 0. The molecule has 3 aromatic rings. The third-order valence-electron chi connectivity index (χ3n) is 8.82. The molecule has 0 bridgehead atoms. The number of benzene rings is 2. The number of ether oxygens (including phenoxy) is 1. The molecule has 0 saturated heterocycles. The molecule has 0 spiro atoms. The zero-order valence-corrected chi connectivity index (χ0v) is 27.8. The number of nitrogens with zero attached hydrogens (tertiary/aromatic N) is 3. The molecule has 1 aliphatic rings. The standard InChI is InChI=1S/C35H51N7O3/c1-34(2,36-5)20-21-38-33(44)27-16-18-28(19-17-27)42-29-10-8-7-9-11-30(32(29)40-41-42)45-24-31(43)39-23-26-14-12-25(13-15-26)22-35(3,4)37-6/h12-19,30,36-37H,7-11,20-24H2,1-6H3,(H,38,44)(H,39,43). The molecule has 4 N–H and O–H groups in total. The number of fused-ring (bicyclic) bond motifs is 1. The van der Waals surface area contributed by atoms with E-state index in [0.717, 1.165) is 67.6 Å². The van der Waals surface area contributed by atoms with E-state index in [1.807, 2.05) is 43.0 Å². The van der Waals surface area contributed by atoms with Crippen LogP contribution in [-0.4, -0.2) is 65.1 Å². The summed E-state index contributed by atoms with van der Waals surface area (Å²) in [6, 6.07) is 15.8. The van der Waals surface area contributed by atoms with Gasteiger partial charge in [0.2, 0.25) is 5.91 Å². The van der Waals surface area contributed by atoms with Crippen molar-refractivity contribution in [3.8, 4) is 5.69 Å². The summed E-state index contributed by atoms with van der Waals surface area (Å²) in [4.78, 5) is 25.4. The fourth-order valence-electron chi connectivity index (χ4n) is 5.37. The van der Waals surface area contributed by atoms with E-state index in [1.54, 1.807) is 0 Å². The van der Waals surface area contributed by atoms with Gasteiger partial charge in [-0.2, -0.15) is 0 Å². The number of aromatic nitrogens is 3. The number of nitrogens with one attached hydrogen (secondary N) is 4. The second-order valence-electron chi connectivity index (χ2n) is 13.3. The highest BCUT2D eigenvalue weighted by atomic mass is 16.5. The molecular weight excluding hydrogens is 566 g/mol. The first-order chi connectivity index (χ1) is 21.5. The Labute approximate surface area is 268 Å². The van der Waals surface area contributed by atoms with Crippen molar-refractivity contribution in [3.63, 3.8) is 0 Å². The molecule has 0 radical (unpaired) electrons. The molecule has 4 rings (SSSR count). The number of hydrogen-bond donors (Lipinski definition) is 4. The summed E-state index contributed by atoms with van der Waals surface area (Å²) in [7, 11) is 3.90. The molecule has 2 aromatic carbocycles. The maximum absolute atomic E-state index is 12.7. The monoisotopic (exact) mass is 617 g/mol. The van der Waals surface area contributed by atoms with Gasteiger partial charge in [-0.3, -0.25) is 9.59 Å². The normalized spacial score (nSPS) is 15.6. The van der Waals surface area contributed by atoms with E-state index >= 15 is 0 Å². The first-order valence-corrected chi connectivity index (χ1v) is 16.2. The molecule has 0 saturated carbocycles. The molecule has 1 atom stereocenters. The van der Waals surface area contributed by atoms with Crippen molar-refractivity contribution in [1.82, 2.24) is 36.3 Å². The highest BCUT2D eigenvalue weighted by Gasteiger charge is 2.26. The molecular formula is C35H51N7O3. The van der Waals surface area contributed by atoms with Gasteiger partial charge in [-0.1, -0.05) is 42.3 Å². The summed E-state index contributed by atoms with van der Waals surface area (Å²) in [6.45, 7) is 9.56. The minimum absolute atomic E-state index is 0.0295. The molecule has 1 aliphatic carbocycles. The average molecular weight is 618 g/mol. The van der Waals surface area contributed by atoms with Crippen molar-refractivity contribution in [3.05, 3.63) is 76.6 Å². The van der Waals surface area contributed by atoms with Crippen molar-refractivity contribution >= 4 is 11.8 Å².